The molecule has 1 aromatic carbocycles. The molecule has 0 aliphatic rings. The Morgan fingerprint density at radius 1 is 1.21 bits per heavy atom. The van der Waals surface area contributed by atoms with Crippen LogP contribution in [0, 0.1) is 20.8 Å². The second-order valence-electron chi connectivity index (χ2n) is 6.65. The highest BCUT2D eigenvalue weighted by Gasteiger charge is 2.17. The average Bonchev–Trinajstić information content (AvgIpc) is 2.99. The minimum absolute atomic E-state index is 0.151. The number of rotatable bonds is 6. The van der Waals surface area contributed by atoms with Gasteiger partial charge in [0.25, 0.3) is 5.91 Å². The maximum Gasteiger partial charge on any atom is 0.258 e. The van der Waals surface area contributed by atoms with Crippen LogP contribution in [-0.2, 0) is 15.6 Å². The zero-order valence-corrected chi connectivity index (χ0v) is 18.1. The summed E-state index contributed by atoms with van der Waals surface area (Å²) >= 11 is 1.42. The highest BCUT2D eigenvalue weighted by molar-refractivity contribution is 7.98. The van der Waals surface area contributed by atoms with E-state index in [1.807, 2.05) is 13.8 Å². The summed E-state index contributed by atoms with van der Waals surface area (Å²) in [7, 11) is -3.38. The van der Waals surface area contributed by atoms with Gasteiger partial charge in [0.15, 0.2) is 9.84 Å². The lowest BCUT2D eigenvalue weighted by Crippen LogP contribution is -2.15. The van der Waals surface area contributed by atoms with E-state index in [9.17, 15) is 13.2 Å². The van der Waals surface area contributed by atoms with Crippen LogP contribution in [0.3, 0.4) is 0 Å². The van der Waals surface area contributed by atoms with Gasteiger partial charge < -0.3 is 9.84 Å². The first-order valence-corrected chi connectivity index (χ1v) is 11.7. The highest BCUT2D eigenvalue weighted by atomic mass is 32.2. The predicted molar refractivity (Wildman–Crippen MR) is 112 cm³/mol. The van der Waals surface area contributed by atoms with Gasteiger partial charge in [-0.25, -0.2) is 13.4 Å². The number of nitrogens with zero attached hydrogens (tertiary/aromatic N) is 2. The molecule has 0 unspecified atom stereocenters. The third-order valence-electron chi connectivity index (χ3n) is 4.44. The van der Waals surface area contributed by atoms with Gasteiger partial charge in [-0.2, -0.15) is 0 Å². The van der Waals surface area contributed by atoms with Crippen molar-refractivity contribution in [3.05, 3.63) is 64.7 Å². The number of hydrogen-bond acceptors (Lipinski definition) is 7. The van der Waals surface area contributed by atoms with E-state index in [4.69, 9.17) is 4.52 Å². The van der Waals surface area contributed by atoms with E-state index < -0.39 is 9.84 Å². The maximum absolute atomic E-state index is 12.9. The number of pyridine rings is 1. The van der Waals surface area contributed by atoms with E-state index in [1.54, 1.807) is 31.3 Å². The molecule has 2 aromatic heterocycles. The molecule has 3 rings (SSSR count). The van der Waals surface area contributed by atoms with Crippen LogP contribution in [0.2, 0.25) is 0 Å². The Kier molecular flexibility index (Phi) is 6.09. The highest BCUT2D eigenvalue weighted by Crippen LogP contribution is 2.28. The number of carbonyl (C=O) groups excluding carboxylic acids is 1. The summed E-state index contributed by atoms with van der Waals surface area (Å²) in [6.07, 6.45) is 2.76. The summed E-state index contributed by atoms with van der Waals surface area (Å²) in [5, 5.41) is 7.32. The smallest absolute Gasteiger partial charge is 0.258 e. The molecule has 0 radical (unpaired) electrons. The fraction of sp³-hybridized carbons (Fsp3) is 0.250. The molecule has 0 atom stereocenters. The summed E-state index contributed by atoms with van der Waals surface area (Å²) in [5.41, 5.74) is 3.41. The quantitative estimate of drug-likeness (QED) is 0.590. The SMILES string of the molecule is Cc1ccc(S(C)(=O)=O)cc1NC(=O)c1cccnc1SCc1c(C)noc1C. The summed E-state index contributed by atoms with van der Waals surface area (Å²) in [6, 6.07) is 8.04. The van der Waals surface area contributed by atoms with Crippen molar-refractivity contribution in [1.82, 2.24) is 10.1 Å². The number of benzene rings is 1. The first-order chi connectivity index (χ1) is 13.7. The van der Waals surface area contributed by atoms with Crippen molar-refractivity contribution in [2.75, 3.05) is 11.6 Å². The monoisotopic (exact) mass is 431 g/mol. The third kappa shape index (κ3) is 4.86. The van der Waals surface area contributed by atoms with Crippen molar-refractivity contribution in [2.24, 2.45) is 0 Å². The van der Waals surface area contributed by atoms with Crippen LogP contribution >= 0.6 is 11.8 Å². The maximum atomic E-state index is 12.9. The first kappa shape index (κ1) is 21.1. The Morgan fingerprint density at radius 2 is 1.97 bits per heavy atom. The molecular weight excluding hydrogens is 410 g/mol. The van der Waals surface area contributed by atoms with Gasteiger partial charge in [0.05, 0.1) is 16.2 Å². The van der Waals surface area contributed by atoms with E-state index in [0.717, 1.165) is 28.8 Å². The van der Waals surface area contributed by atoms with Gasteiger partial charge in [0.1, 0.15) is 10.8 Å². The molecule has 0 aliphatic carbocycles. The largest absolute Gasteiger partial charge is 0.361 e. The minimum Gasteiger partial charge on any atom is -0.361 e. The third-order valence-corrected chi connectivity index (χ3v) is 6.58. The van der Waals surface area contributed by atoms with Crippen molar-refractivity contribution in [1.29, 1.82) is 0 Å². The fourth-order valence-electron chi connectivity index (χ4n) is 2.68. The molecule has 7 nitrogen and oxygen atoms in total. The number of sulfone groups is 1. The zero-order chi connectivity index (χ0) is 21.2. The number of nitrogens with one attached hydrogen (secondary N) is 1. The topological polar surface area (TPSA) is 102 Å². The molecule has 0 bridgehead atoms. The lowest BCUT2D eigenvalue weighted by molar-refractivity contribution is 0.102. The van der Waals surface area contributed by atoms with Crippen LogP contribution in [0.4, 0.5) is 5.69 Å². The first-order valence-electron chi connectivity index (χ1n) is 8.78. The van der Waals surface area contributed by atoms with Gasteiger partial charge in [-0.05, 0) is 50.6 Å². The minimum atomic E-state index is -3.38. The van der Waals surface area contributed by atoms with Gasteiger partial charge in [0.2, 0.25) is 0 Å². The second kappa shape index (κ2) is 8.38. The molecule has 0 spiro atoms. The Balaban J connectivity index is 1.84. The lowest BCUT2D eigenvalue weighted by atomic mass is 10.2. The van der Waals surface area contributed by atoms with Crippen LogP contribution < -0.4 is 5.32 Å². The molecule has 0 aliphatic heterocycles. The van der Waals surface area contributed by atoms with E-state index >= 15 is 0 Å². The van der Waals surface area contributed by atoms with Gasteiger partial charge in [0, 0.05) is 29.5 Å². The standard InChI is InChI=1S/C20H21N3O4S2/c1-12-7-8-15(29(4,25)26)10-18(12)22-19(24)16-6-5-9-21-20(16)28-11-17-13(2)23-27-14(17)3/h5-10H,11H2,1-4H3,(H,22,24). The van der Waals surface area contributed by atoms with Crippen molar-refractivity contribution in [3.8, 4) is 0 Å². The molecule has 0 saturated carbocycles. The van der Waals surface area contributed by atoms with Gasteiger partial charge in [-0.15, -0.1) is 11.8 Å². The Morgan fingerprint density at radius 3 is 2.62 bits per heavy atom. The molecule has 3 aromatic rings. The number of aromatic nitrogens is 2. The van der Waals surface area contributed by atoms with Gasteiger partial charge >= 0.3 is 0 Å². The summed E-state index contributed by atoms with van der Waals surface area (Å²) < 4.78 is 28.8. The summed E-state index contributed by atoms with van der Waals surface area (Å²) in [4.78, 5) is 17.4. The van der Waals surface area contributed by atoms with E-state index in [0.29, 0.717) is 22.0 Å². The van der Waals surface area contributed by atoms with E-state index in [1.165, 1.54) is 23.9 Å². The predicted octanol–water partition coefficient (Wildman–Crippen LogP) is 3.94. The van der Waals surface area contributed by atoms with Crippen molar-refractivity contribution in [3.63, 3.8) is 0 Å². The van der Waals surface area contributed by atoms with Gasteiger partial charge in [-0.3, -0.25) is 4.79 Å². The molecule has 9 heteroatoms. The number of hydrogen-bond donors (Lipinski definition) is 1. The number of amides is 1. The number of aryl methyl sites for hydroxylation is 3. The molecular formula is C20H21N3O4S2. The fourth-order valence-corrected chi connectivity index (χ4v) is 4.48. The summed E-state index contributed by atoms with van der Waals surface area (Å²) in [5.74, 6) is 0.958. The average molecular weight is 432 g/mol. The van der Waals surface area contributed by atoms with Crippen LogP contribution in [0.15, 0.2) is 51.0 Å². The lowest BCUT2D eigenvalue weighted by Gasteiger charge is -2.12. The van der Waals surface area contributed by atoms with Gasteiger partial charge in [-0.1, -0.05) is 11.2 Å². The molecule has 29 heavy (non-hydrogen) atoms. The molecule has 1 amide bonds. The second-order valence-corrected chi connectivity index (χ2v) is 9.63. The van der Waals surface area contributed by atoms with Crippen LogP contribution in [0.1, 0.15) is 32.9 Å². The molecule has 0 fully saturated rings. The molecule has 2 heterocycles. The number of carbonyl (C=O) groups is 1. The van der Waals surface area contributed by atoms with Crippen LogP contribution in [0.5, 0.6) is 0 Å². The van der Waals surface area contributed by atoms with Crippen molar-refractivity contribution in [2.45, 2.75) is 36.4 Å². The number of thioether (sulfide) groups is 1. The van der Waals surface area contributed by atoms with Crippen LogP contribution in [-0.4, -0.2) is 30.7 Å². The zero-order valence-electron chi connectivity index (χ0n) is 16.5. The Labute approximate surface area is 173 Å². The van der Waals surface area contributed by atoms with Crippen molar-refractivity contribution < 1.29 is 17.7 Å². The molecule has 152 valence electrons. The molecule has 1 N–H and O–H groups in total. The Bertz CT molecular complexity index is 1150. The Hall–Kier alpha value is -2.65. The normalized spacial score (nSPS) is 11.4. The molecule has 0 saturated heterocycles. The number of anilines is 1. The van der Waals surface area contributed by atoms with Crippen LogP contribution in [0.25, 0.3) is 0 Å². The van der Waals surface area contributed by atoms with Crippen molar-refractivity contribution >= 4 is 33.2 Å². The van der Waals surface area contributed by atoms with E-state index in [-0.39, 0.29) is 10.8 Å². The van der Waals surface area contributed by atoms with E-state index in [2.05, 4.69) is 15.5 Å². The summed E-state index contributed by atoms with van der Waals surface area (Å²) in [6.45, 7) is 5.52.